The molecule has 1 aromatic rings. The molecular formula is C20H30N4O3. The molecule has 2 aliphatic heterocycles. The van der Waals surface area contributed by atoms with Crippen molar-refractivity contribution < 1.29 is 9.59 Å². The summed E-state index contributed by atoms with van der Waals surface area (Å²) in [5.41, 5.74) is 0.798. The molecule has 1 aromatic heterocycles. The molecule has 0 bridgehead atoms. The number of carbonyl (C=O) groups is 2. The maximum absolute atomic E-state index is 13.1. The Kier molecular flexibility index (Phi) is 6.31. The Balaban J connectivity index is 1.78. The van der Waals surface area contributed by atoms with Gasteiger partial charge in [0.25, 0.3) is 11.5 Å². The summed E-state index contributed by atoms with van der Waals surface area (Å²) < 4.78 is 1.69. The summed E-state index contributed by atoms with van der Waals surface area (Å²) in [6, 6.07) is 1.87. The molecule has 2 amide bonds. The molecule has 0 spiro atoms. The van der Waals surface area contributed by atoms with Crippen LogP contribution in [-0.2, 0) is 11.3 Å². The van der Waals surface area contributed by atoms with Crippen molar-refractivity contribution in [1.29, 1.82) is 0 Å². The summed E-state index contributed by atoms with van der Waals surface area (Å²) >= 11 is 0. The van der Waals surface area contributed by atoms with Crippen molar-refractivity contribution in [2.75, 3.05) is 39.3 Å². The Labute approximate surface area is 160 Å². The van der Waals surface area contributed by atoms with E-state index in [-0.39, 0.29) is 22.9 Å². The third-order valence-corrected chi connectivity index (χ3v) is 5.67. The van der Waals surface area contributed by atoms with Crippen LogP contribution >= 0.6 is 0 Å². The van der Waals surface area contributed by atoms with Crippen LogP contribution in [0, 0.1) is 12.8 Å². The molecule has 7 heteroatoms. The number of rotatable bonds is 3. The molecule has 0 aromatic carbocycles. The van der Waals surface area contributed by atoms with Gasteiger partial charge in [-0.2, -0.15) is 0 Å². The minimum absolute atomic E-state index is 0.0311. The average molecular weight is 374 g/mol. The van der Waals surface area contributed by atoms with Gasteiger partial charge < -0.3 is 19.7 Å². The molecule has 7 nitrogen and oxygen atoms in total. The van der Waals surface area contributed by atoms with Crippen LogP contribution in [0.5, 0.6) is 0 Å². The Morgan fingerprint density at radius 1 is 1.15 bits per heavy atom. The highest BCUT2D eigenvalue weighted by molar-refractivity contribution is 5.95. The predicted molar refractivity (Wildman–Crippen MR) is 104 cm³/mol. The lowest BCUT2D eigenvalue weighted by Crippen LogP contribution is -2.41. The highest BCUT2D eigenvalue weighted by Gasteiger charge is 2.25. The summed E-state index contributed by atoms with van der Waals surface area (Å²) in [5, 5.41) is 3.37. The van der Waals surface area contributed by atoms with Crippen LogP contribution in [0.1, 0.15) is 42.1 Å². The Morgan fingerprint density at radius 3 is 2.59 bits per heavy atom. The number of nitrogens with zero attached hydrogens (tertiary/aromatic N) is 3. The molecule has 1 atom stereocenters. The second-order valence-corrected chi connectivity index (χ2v) is 7.70. The number of pyridine rings is 1. The zero-order valence-electron chi connectivity index (χ0n) is 16.4. The van der Waals surface area contributed by atoms with Gasteiger partial charge in [0, 0.05) is 45.8 Å². The van der Waals surface area contributed by atoms with Crippen molar-refractivity contribution in [3.05, 3.63) is 33.7 Å². The quantitative estimate of drug-likeness (QED) is 0.851. The monoisotopic (exact) mass is 374 g/mol. The summed E-state index contributed by atoms with van der Waals surface area (Å²) in [5.74, 6) is 0.243. The van der Waals surface area contributed by atoms with Gasteiger partial charge in [-0.3, -0.25) is 14.4 Å². The van der Waals surface area contributed by atoms with Crippen LogP contribution in [0.15, 0.2) is 17.1 Å². The number of aryl methyl sites for hydroxylation is 1. The minimum Gasteiger partial charge on any atom is -0.341 e. The number of nitrogens with one attached hydrogen (secondary N) is 1. The second kappa shape index (κ2) is 8.69. The predicted octanol–water partition coefficient (Wildman–Crippen LogP) is 0.851. The molecule has 0 saturated carbocycles. The lowest BCUT2D eigenvalue weighted by Gasteiger charge is -2.25. The fraction of sp³-hybridized carbons (Fsp3) is 0.650. The van der Waals surface area contributed by atoms with Gasteiger partial charge in [-0.1, -0.05) is 0 Å². The van der Waals surface area contributed by atoms with Crippen LogP contribution in [0.4, 0.5) is 0 Å². The fourth-order valence-corrected chi connectivity index (χ4v) is 4.02. The second-order valence-electron chi connectivity index (χ2n) is 7.70. The van der Waals surface area contributed by atoms with Gasteiger partial charge in [-0.15, -0.1) is 0 Å². The summed E-state index contributed by atoms with van der Waals surface area (Å²) in [4.78, 5) is 41.2. The maximum atomic E-state index is 13.1. The van der Waals surface area contributed by atoms with Gasteiger partial charge in [0.2, 0.25) is 5.91 Å². The molecule has 2 saturated heterocycles. The maximum Gasteiger partial charge on any atom is 0.263 e. The highest BCUT2D eigenvalue weighted by atomic mass is 16.2. The largest absolute Gasteiger partial charge is 0.341 e. The number of aromatic nitrogens is 1. The van der Waals surface area contributed by atoms with Crippen LogP contribution in [-0.4, -0.2) is 65.4 Å². The lowest BCUT2D eigenvalue weighted by molar-refractivity contribution is -0.128. The Morgan fingerprint density at radius 2 is 1.89 bits per heavy atom. The molecule has 3 heterocycles. The number of hydrogen-bond acceptors (Lipinski definition) is 4. The summed E-state index contributed by atoms with van der Waals surface area (Å²) in [6.45, 7) is 8.19. The van der Waals surface area contributed by atoms with Gasteiger partial charge in [-0.25, -0.2) is 0 Å². The first-order valence-corrected chi connectivity index (χ1v) is 9.93. The van der Waals surface area contributed by atoms with Crippen molar-refractivity contribution in [3.8, 4) is 0 Å². The minimum atomic E-state index is -0.209. The molecule has 2 fully saturated rings. The van der Waals surface area contributed by atoms with Crippen molar-refractivity contribution >= 4 is 11.8 Å². The van der Waals surface area contributed by atoms with E-state index in [4.69, 9.17) is 0 Å². The van der Waals surface area contributed by atoms with Gasteiger partial charge in [-0.05, 0) is 56.8 Å². The van der Waals surface area contributed by atoms with Crippen molar-refractivity contribution in [3.63, 3.8) is 0 Å². The molecule has 2 aliphatic rings. The van der Waals surface area contributed by atoms with Crippen LogP contribution in [0.25, 0.3) is 0 Å². The van der Waals surface area contributed by atoms with E-state index in [0.29, 0.717) is 38.6 Å². The van der Waals surface area contributed by atoms with E-state index < -0.39 is 0 Å². The molecule has 3 rings (SSSR count). The smallest absolute Gasteiger partial charge is 0.263 e. The standard InChI is InChI=1S/C20H30N4O3/c1-15-6-10-24(14-17-5-3-7-21-13-17)20(27)18(15)19(26)23-9-4-8-22(11-12-23)16(2)25/h6,10,17,21H,3-5,7-9,11-14H2,1-2H3. The molecule has 148 valence electrons. The van der Waals surface area contributed by atoms with Crippen LogP contribution < -0.4 is 10.9 Å². The molecule has 0 radical (unpaired) electrons. The molecule has 1 unspecified atom stereocenters. The highest BCUT2D eigenvalue weighted by Crippen LogP contribution is 2.14. The van der Waals surface area contributed by atoms with E-state index >= 15 is 0 Å². The number of hydrogen-bond donors (Lipinski definition) is 1. The first-order chi connectivity index (χ1) is 13.0. The number of carbonyl (C=O) groups excluding carboxylic acids is 2. The number of piperidine rings is 1. The van der Waals surface area contributed by atoms with E-state index in [0.717, 1.165) is 37.9 Å². The van der Waals surface area contributed by atoms with Crippen LogP contribution in [0.2, 0.25) is 0 Å². The third-order valence-electron chi connectivity index (χ3n) is 5.67. The van der Waals surface area contributed by atoms with E-state index in [9.17, 15) is 14.4 Å². The molecule has 0 aliphatic carbocycles. The van der Waals surface area contributed by atoms with Gasteiger partial charge in [0.15, 0.2) is 0 Å². The third kappa shape index (κ3) is 4.58. The number of amides is 2. The Hall–Kier alpha value is -2.15. The van der Waals surface area contributed by atoms with Crippen molar-refractivity contribution in [2.45, 2.75) is 39.7 Å². The average Bonchev–Trinajstić information content (AvgIpc) is 2.91. The Bertz CT molecular complexity index is 752. The van der Waals surface area contributed by atoms with Gasteiger partial charge in [0.05, 0.1) is 0 Å². The molecule has 1 N–H and O–H groups in total. The van der Waals surface area contributed by atoms with Crippen molar-refractivity contribution in [1.82, 2.24) is 19.7 Å². The van der Waals surface area contributed by atoms with E-state index in [1.54, 1.807) is 21.3 Å². The van der Waals surface area contributed by atoms with E-state index in [1.165, 1.54) is 0 Å². The molecular weight excluding hydrogens is 344 g/mol. The first kappa shape index (κ1) is 19.6. The van der Waals surface area contributed by atoms with Crippen molar-refractivity contribution in [2.24, 2.45) is 5.92 Å². The topological polar surface area (TPSA) is 74.7 Å². The molecule has 27 heavy (non-hydrogen) atoms. The SMILES string of the molecule is CC(=O)N1CCCN(C(=O)c2c(C)ccn(CC3CCCNC3)c2=O)CC1. The zero-order chi connectivity index (χ0) is 19.4. The first-order valence-electron chi connectivity index (χ1n) is 9.93. The fourth-order valence-electron chi connectivity index (χ4n) is 4.02. The van der Waals surface area contributed by atoms with Gasteiger partial charge in [0.1, 0.15) is 5.56 Å². The van der Waals surface area contributed by atoms with E-state index in [1.807, 2.05) is 19.2 Å². The van der Waals surface area contributed by atoms with Crippen LogP contribution in [0.3, 0.4) is 0 Å². The zero-order valence-corrected chi connectivity index (χ0v) is 16.4. The van der Waals surface area contributed by atoms with Gasteiger partial charge >= 0.3 is 0 Å². The summed E-state index contributed by atoms with van der Waals surface area (Å²) in [7, 11) is 0. The normalized spacial score (nSPS) is 21.0. The summed E-state index contributed by atoms with van der Waals surface area (Å²) in [6.07, 6.45) is 4.77. The van der Waals surface area contributed by atoms with E-state index in [2.05, 4.69) is 5.32 Å². The lowest BCUT2D eigenvalue weighted by atomic mass is 9.99.